The van der Waals surface area contributed by atoms with Crippen molar-refractivity contribution in [1.29, 1.82) is 0 Å². The van der Waals surface area contributed by atoms with E-state index in [4.69, 9.17) is 0 Å². The lowest BCUT2D eigenvalue weighted by atomic mass is 9.80. The fourth-order valence-corrected chi connectivity index (χ4v) is 3.95. The van der Waals surface area contributed by atoms with E-state index < -0.39 is 0 Å². The second-order valence-electron chi connectivity index (χ2n) is 8.39. The molecule has 2 heterocycles. The van der Waals surface area contributed by atoms with Gasteiger partial charge in [0.15, 0.2) is 0 Å². The Morgan fingerprint density at radius 1 is 1.12 bits per heavy atom. The molecule has 140 valence electrons. The van der Waals surface area contributed by atoms with Crippen LogP contribution in [0, 0.1) is 5.82 Å². The smallest absolute Gasteiger partial charge is 0.274 e. The third kappa shape index (κ3) is 4.66. The topological polar surface area (TPSA) is 82.7 Å². The molecule has 26 heavy (non-hydrogen) atoms. The molecule has 0 unspecified atom stereocenters. The van der Waals surface area contributed by atoms with Gasteiger partial charge in [-0.25, -0.2) is 4.39 Å². The van der Waals surface area contributed by atoms with Crippen molar-refractivity contribution in [3.05, 3.63) is 51.7 Å². The Balaban J connectivity index is 1.71. The van der Waals surface area contributed by atoms with Crippen LogP contribution in [-0.2, 0) is 6.42 Å². The van der Waals surface area contributed by atoms with Crippen LogP contribution >= 0.6 is 0 Å². The summed E-state index contributed by atoms with van der Waals surface area (Å²) in [7, 11) is 0. The molecule has 1 saturated heterocycles. The molecule has 1 aliphatic heterocycles. The van der Waals surface area contributed by atoms with Crippen LogP contribution in [0.15, 0.2) is 29.1 Å². The van der Waals surface area contributed by atoms with E-state index in [0.29, 0.717) is 18.1 Å². The van der Waals surface area contributed by atoms with E-state index in [2.05, 4.69) is 53.5 Å². The van der Waals surface area contributed by atoms with Crippen molar-refractivity contribution >= 4 is 5.95 Å². The summed E-state index contributed by atoms with van der Waals surface area (Å²) in [6, 6.07) is 6.21. The van der Waals surface area contributed by atoms with Crippen LogP contribution in [0.5, 0.6) is 0 Å². The number of halogens is 1. The van der Waals surface area contributed by atoms with Gasteiger partial charge in [-0.1, -0.05) is 12.1 Å². The Kier molecular flexibility index (Phi) is 4.84. The third-order valence-electron chi connectivity index (χ3n) is 4.58. The molecule has 0 amide bonds. The largest absolute Gasteiger partial charge is 0.352 e. The van der Waals surface area contributed by atoms with Crippen LogP contribution in [-0.4, -0.2) is 32.3 Å². The molecular weight excluding hydrogens is 333 g/mol. The van der Waals surface area contributed by atoms with Crippen molar-refractivity contribution < 1.29 is 4.39 Å². The monoisotopic (exact) mass is 359 g/mol. The molecule has 1 aromatic heterocycles. The second-order valence-corrected chi connectivity index (χ2v) is 8.39. The molecule has 1 aromatic carbocycles. The van der Waals surface area contributed by atoms with Crippen LogP contribution in [0.1, 0.15) is 51.8 Å². The Morgan fingerprint density at radius 2 is 1.73 bits per heavy atom. The van der Waals surface area contributed by atoms with Crippen LogP contribution in [0.2, 0.25) is 0 Å². The number of hydrogen-bond donors (Lipinski definition) is 3. The molecule has 2 aromatic rings. The zero-order valence-electron chi connectivity index (χ0n) is 15.7. The van der Waals surface area contributed by atoms with E-state index in [9.17, 15) is 9.18 Å². The predicted molar refractivity (Wildman–Crippen MR) is 99.8 cm³/mol. The molecule has 3 N–H and O–H groups in total. The molecule has 0 radical (unpaired) electrons. The molecule has 1 aliphatic rings. The maximum atomic E-state index is 13.0. The van der Waals surface area contributed by atoms with Gasteiger partial charge in [-0.05, 0) is 58.2 Å². The second kappa shape index (κ2) is 6.79. The third-order valence-corrected chi connectivity index (χ3v) is 4.58. The molecule has 6 nitrogen and oxygen atoms in total. The molecule has 1 fully saturated rings. The molecule has 0 atom stereocenters. The highest BCUT2D eigenvalue weighted by Crippen LogP contribution is 2.29. The molecule has 7 heteroatoms. The quantitative estimate of drug-likeness (QED) is 0.782. The van der Waals surface area contributed by atoms with Crippen LogP contribution in [0.3, 0.4) is 0 Å². The van der Waals surface area contributed by atoms with Crippen molar-refractivity contribution in [1.82, 2.24) is 20.5 Å². The van der Waals surface area contributed by atoms with Gasteiger partial charge in [0.05, 0.1) is 0 Å². The number of nitrogens with one attached hydrogen (secondary N) is 3. The fraction of sp³-hybridized carbons (Fsp3) is 0.526. The van der Waals surface area contributed by atoms with Crippen molar-refractivity contribution in [2.45, 2.75) is 64.1 Å². The average molecular weight is 359 g/mol. The minimum atomic E-state index is -0.305. The number of hydrogen-bond acceptors (Lipinski definition) is 5. The lowest BCUT2D eigenvalue weighted by molar-refractivity contribution is 0.170. The van der Waals surface area contributed by atoms with Gasteiger partial charge in [0, 0.05) is 23.5 Å². The Bertz CT molecular complexity index is 813. The molecular formula is C19H26FN5O. The first-order chi connectivity index (χ1) is 12.1. The number of rotatable bonds is 4. The highest BCUT2D eigenvalue weighted by Gasteiger charge is 2.37. The first-order valence-electron chi connectivity index (χ1n) is 8.88. The van der Waals surface area contributed by atoms with E-state index >= 15 is 0 Å². The lowest BCUT2D eigenvalue weighted by Crippen LogP contribution is -2.60. The summed E-state index contributed by atoms with van der Waals surface area (Å²) in [6.07, 6.45) is 2.14. The molecule has 0 spiro atoms. The summed E-state index contributed by atoms with van der Waals surface area (Å²) < 4.78 is 13.0. The minimum Gasteiger partial charge on any atom is -0.352 e. The summed E-state index contributed by atoms with van der Waals surface area (Å²) in [4.78, 5) is 15.1. The molecule has 0 saturated carbocycles. The average Bonchev–Trinajstić information content (AvgIpc) is 2.49. The Hall–Kier alpha value is -2.28. The van der Waals surface area contributed by atoms with Crippen molar-refractivity contribution in [3.8, 4) is 0 Å². The first-order valence-corrected chi connectivity index (χ1v) is 8.88. The number of nitrogens with zero attached hydrogens (tertiary/aromatic N) is 2. The van der Waals surface area contributed by atoms with E-state index in [-0.39, 0.29) is 28.5 Å². The predicted octanol–water partition coefficient (Wildman–Crippen LogP) is 2.62. The first kappa shape index (κ1) is 18.5. The van der Waals surface area contributed by atoms with Gasteiger partial charge < -0.3 is 10.6 Å². The number of anilines is 1. The summed E-state index contributed by atoms with van der Waals surface area (Å²) in [5, 5.41) is 15.1. The van der Waals surface area contributed by atoms with E-state index in [1.807, 2.05) is 0 Å². The summed E-state index contributed by atoms with van der Waals surface area (Å²) in [6.45, 7) is 8.68. The van der Waals surface area contributed by atoms with Crippen molar-refractivity contribution in [2.75, 3.05) is 5.32 Å². The molecule has 0 bridgehead atoms. The zero-order valence-corrected chi connectivity index (χ0v) is 15.7. The van der Waals surface area contributed by atoms with E-state index in [0.717, 1.165) is 18.4 Å². The Morgan fingerprint density at radius 3 is 2.31 bits per heavy atom. The van der Waals surface area contributed by atoms with Crippen LogP contribution in [0.25, 0.3) is 0 Å². The highest BCUT2D eigenvalue weighted by molar-refractivity contribution is 5.27. The maximum Gasteiger partial charge on any atom is 0.274 e. The number of H-pyrrole nitrogens is 1. The van der Waals surface area contributed by atoms with Crippen LogP contribution in [0.4, 0.5) is 10.3 Å². The summed E-state index contributed by atoms with van der Waals surface area (Å²) >= 11 is 0. The SMILES string of the molecule is CC1(C)CC(Nc2nnc(Cc3ccc(F)cc3)c(=O)[nH]2)CC(C)(C)N1. The van der Waals surface area contributed by atoms with Gasteiger partial charge in [-0.15, -0.1) is 10.2 Å². The highest BCUT2D eigenvalue weighted by atomic mass is 19.1. The normalized spacial score (nSPS) is 19.3. The van der Waals surface area contributed by atoms with E-state index in [1.165, 1.54) is 12.1 Å². The van der Waals surface area contributed by atoms with Gasteiger partial charge in [0.25, 0.3) is 5.56 Å². The van der Waals surface area contributed by atoms with Gasteiger partial charge in [-0.2, -0.15) is 0 Å². The molecule has 3 rings (SSSR count). The standard InChI is InChI=1S/C19H26FN5O/c1-18(2)10-14(11-19(3,4)25-18)21-17-22-16(26)15(23-24-17)9-12-5-7-13(20)8-6-12/h5-8,14,25H,9-11H2,1-4H3,(H2,21,22,24,26). The zero-order chi connectivity index (χ0) is 18.9. The van der Waals surface area contributed by atoms with Gasteiger partial charge >= 0.3 is 0 Å². The fourth-order valence-electron chi connectivity index (χ4n) is 3.95. The molecule has 0 aliphatic carbocycles. The van der Waals surface area contributed by atoms with E-state index in [1.54, 1.807) is 12.1 Å². The van der Waals surface area contributed by atoms with Gasteiger partial charge in [-0.3, -0.25) is 9.78 Å². The maximum absolute atomic E-state index is 13.0. The summed E-state index contributed by atoms with van der Waals surface area (Å²) in [5.41, 5.74) is 0.840. The Labute approximate surface area is 152 Å². The van der Waals surface area contributed by atoms with Gasteiger partial charge in [0.1, 0.15) is 11.5 Å². The number of piperidine rings is 1. The van der Waals surface area contributed by atoms with Gasteiger partial charge in [0.2, 0.25) is 5.95 Å². The number of aromatic amines is 1. The van der Waals surface area contributed by atoms with Crippen molar-refractivity contribution in [2.24, 2.45) is 0 Å². The van der Waals surface area contributed by atoms with Crippen LogP contribution < -0.4 is 16.2 Å². The van der Waals surface area contributed by atoms with Crippen molar-refractivity contribution in [3.63, 3.8) is 0 Å². The number of benzene rings is 1. The number of aromatic nitrogens is 3. The minimum absolute atomic E-state index is 0.00430. The lowest BCUT2D eigenvalue weighted by Gasteiger charge is -2.46. The summed E-state index contributed by atoms with van der Waals surface area (Å²) in [5.74, 6) is 0.0810.